The predicted octanol–water partition coefficient (Wildman–Crippen LogP) is 3.56. The van der Waals surface area contributed by atoms with Crippen LogP contribution in [0.15, 0.2) is 45.7 Å². The normalized spacial score (nSPS) is 10.9. The lowest BCUT2D eigenvalue weighted by molar-refractivity contribution is 0.332. The van der Waals surface area contributed by atoms with Crippen molar-refractivity contribution in [2.45, 2.75) is 12.1 Å². The minimum Gasteiger partial charge on any atom is -0.494 e. The Labute approximate surface area is 148 Å². The highest BCUT2D eigenvalue weighted by Gasteiger charge is 2.09. The molecule has 0 fully saturated rings. The Morgan fingerprint density at radius 2 is 1.88 bits per heavy atom. The van der Waals surface area contributed by atoms with Crippen LogP contribution in [-0.2, 0) is 7.05 Å². The number of fused-ring (bicyclic) bond motifs is 1. The van der Waals surface area contributed by atoms with Gasteiger partial charge in [-0.05, 0) is 42.6 Å². The highest BCUT2D eigenvalue weighted by atomic mass is 32.2. The zero-order valence-electron chi connectivity index (χ0n) is 13.5. The number of ether oxygens (including phenoxy) is 2. The molecule has 0 aliphatic rings. The molecule has 0 aliphatic carbocycles. The first-order valence-electron chi connectivity index (χ1n) is 7.61. The quantitative estimate of drug-likeness (QED) is 0.365. The fourth-order valence-electron chi connectivity index (χ4n) is 2.19. The molecule has 2 aromatic heterocycles. The molecule has 3 rings (SSSR count). The minimum absolute atomic E-state index is 0.00457. The van der Waals surface area contributed by atoms with Crippen molar-refractivity contribution in [2.24, 2.45) is 7.05 Å². The standard InChI is InChI=1S/C17H18N2O3S2/c1-3-21-12-4-6-13(7-5-12)22-9-11-24-17-18-14-8-10-23-15(14)16(20)19(17)2/h4-8,10H,3,9,11H2,1-2H3. The van der Waals surface area contributed by atoms with E-state index >= 15 is 0 Å². The molecule has 0 bridgehead atoms. The summed E-state index contributed by atoms with van der Waals surface area (Å²) in [5, 5.41) is 2.60. The molecule has 2 heterocycles. The largest absolute Gasteiger partial charge is 0.494 e. The van der Waals surface area contributed by atoms with Crippen LogP contribution in [0.4, 0.5) is 0 Å². The Balaban J connectivity index is 1.57. The third-order valence-corrected chi connectivity index (χ3v) is 5.25. The van der Waals surface area contributed by atoms with E-state index < -0.39 is 0 Å². The molecule has 0 N–H and O–H groups in total. The highest BCUT2D eigenvalue weighted by molar-refractivity contribution is 7.99. The van der Waals surface area contributed by atoms with Gasteiger partial charge in [-0.2, -0.15) is 0 Å². The Bertz CT molecular complexity index is 872. The first-order chi connectivity index (χ1) is 11.7. The molecule has 126 valence electrons. The van der Waals surface area contributed by atoms with E-state index in [4.69, 9.17) is 9.47 Å². The van der Waals surface area contributed by atoms with E-state index in [0.717, 1.165) is 17.0 Å². The maximum Gasteiger partial charge on any atom is 0.271 e. The zero-order chi connectivity index (χ0) is 16.9. The second-order valence-corrected chi connectivity index (χ2v) is 6.97. The van der Waals surface area contributed by atoms with Gasteiger partial charge in [0.2, 0.25) is 0 Å². The van der Waals surface area contributed by atoms with Gasteiger partial charge < -0.3 is 9.47 Å². The number of aromatic nitrogens is 2. The molecule has 0 aliphatic heterocycles. The van der Waals surface area contributed by atoms with Crippen LogP contribution in [0, 0.1) is 0 Å². The number of hydrogen-bond acceptors (Lipinski definition) is 6. The summed E-state index contributed by atoms with van der Waals surface area (Å²) in [5.74, 6) is 2.35. The van der Waals surface area contributed by atoms with Crippen molar-refractivity contribution < 1.29 is 9.47 Å². The molecule has 0 saturated heterocycles. The average Bonchev–Trinajstić information content (AvgIpc) is 3.06. The molecule has 7 heteroatoms. The van der Waals surface area contributed by atoms with Crippen molar-refractivity contribution in [1.29, 1.82) is 0 Å². The van der Waals surface area contributed by atoms with Crippen molar-refractivity contribution in [3.63, 3.8) is 0 Å². The Morgan fingerprint density at radius 3 is 2.58 bits per heavy atom. The molecular weight excluding hydrogens is 344 g/mol. The molecule has 0 unspecified atom stereocenters. The Hall–Kier alpha value is -1.99. The van der Waals surface area contributed by atoms with Gasteiger partial charge in [0.05, 0.1) is 18.7 Å². The van der Waals surface area contributed by atoms with Crippen LogP contribution >= 0.6 is 23.1 Å². The van der Waals surface area contributed by atoms with E-state index in [1.807, 2.05) is 42.6 Å². The Morgan fingerprint density at radius 1 is 1.17 bits per heavy atom. The summed E-state index contributed by atoms with van der Waals surface area (Å²) in [7, 11) is 1.75. The number of rotatable bonds is 7. The van der Waals surface area contributed by atoms with E-state index in [1.54, 1.807) is 11.6 Å². The van der Waals surface area contributed by atoms with Gasteiger partial charge in [0.15, 0.2) is 5.16 Å². The summed E-state index contributed by atoms with van der Waals surface area (Å²) in [4.78, 5) is 16.8. The zero-order valence-corrected chi connectivity index (χ0v) is 15.2. The summed E-state index contributed by atoms with van der Waals surface area (Å²) in [6, 6.07) is 9.44. The van der Waals surface area contributed by atoms with Crippen molar-refractivity contribution in [2.75, 3.05) is 19.0 Å². The highest BCUT2D eigenvalue weighted by Crippen LogP contribution is 2.21. The van der Waals surface area contributed by atoms with Gasteiger partial charge in [-0.25, -0.2) is 4.98 Å². The molecule has 0 spiro atoms. The van der Waals surface area contributed by atoms with Crippen LogP contribution in [0.2, 0.25) is 0 Å². The SMILES string of the molecule is CCOc1ccc(OCCSc2nc3ccsc3c(=O)n2C)cc1. The van der Waals surface area contributed by atoms with Gasteiger partial charge in [0.1, 0.15) is 16.2 Å². The lowest BCUT2D eigenvalue weighted by Gasteiger charge is -2.09. The third-order valence-electron chi connectivity index (χ3n) is 3.36. The second-order valence-electron chi connectivity index (χ2n) is 4.99. The molecular formula is C17H18N2O3S2. The molecule has 0 amide bonds. The molecule has 3 aromatic rings. The third kappa shape index (κ3) is 3.73. The molecule has 1 aromatic carbocycles. The topological polar surface area (TPSA) is 53.4 Å². The lowest BCUT2D eigenvalue weighted by Crippen LogP contribution is -2.19. The van der Waals surface area contributed by atoms with Crippen LogP contribution in [0.25, 0.3) is 10.2 Å². The average molecular weight is 362 g/mol. The molecule has 0 radical (unpaired) electrons. The van der Waals surface area contributed by atoms with Crippen LogP contribution < -0.4 is 15.0 Å². The van der Waals surface area contributed by atoms with Crippen molar-refractivity contribution in [3.8, 4) is 11.5 Å². The number of nitrogens with zero attached hydrogens (tertiary/aromatic N) is 2. The smallest absolute Gasteiger partial charge is 0.271 e. The lowest BCUT2D eigenvalue weighted by atomic mass is 10.3. The van der Waals surface area contributed by atoms with E-state index in [0.29, 0.717) is 28.8 Å². The summed E-state index contributed by atoms with van der Waals surface area (Å²) in [5.41, 5.74) is 0.767. The number of hydrogen-bond donors (Lipinski definition) is 0. The minimum atomic E-state index is 0.00457. The molecule has 5 nitrogen and oxygen atoms in total. The molecule has 24 heavy (non-hydrogen) atoms. The summed E-state index contributed by atoms with van der Waals surface area (Å²) in [6.07, 6.45) is 0. The van der Waals surface area contributed by atoms with E-state index in [9.17, 15) is 4.79 Å². The number of thiophene rings is 1. The van der Waals surface area contributed by atoms with Gasteiger partial charge in [-0.3, -0.25) is 9.36 Å². The monoisotopic (exact) mass is 362 g/mol. The van der Waals surface area contributed by atoms with Gasteiger partial charge in [0, 0.05) is 12.8 Å². The van der Waals surface area contributed by atoms with Gasteiger partial charge >= 0.3 is 0 Å². The van der Waals surface area contributed by atoms with Gasteiger partial charge in [0.25, 0.3) is 5.56 Å². The second kappa shape index (κ2) is 7.72. The fourth-order valence-corrected chi connectivity index (χ4v) is 3.78. The first kappa shape index (κ1) is 16.9. The maximum atomic E-state index is 12.2. The van der Waals surface area contributed by atoms with Crippen molar-refractivity contribution in [1.82, 2.24) is 9.55 Å². The van der Waals surface area contributed by atoms with Gasteiger partial charge in [-0.15, -0.1) is 11.3 Å². The van der Waals surface area contributed by atoms with Crippen LogP contribution in [0.1, 0.15) is 6.92 Å². The van der Waals surface area contributed by atoms with Crippen molar-refractivity contribution in [3.05, 3.63) is 46.1 Å². The number of thioether (sulfide) groups is 1. The maximum absolute atomic E-state index is 12.2. The van der Waals surface area contributed by atoms with Crippen molar-refractivity contribution >= 4 is 33.3 Å². The van der Waals surface area contributed by atoms with E-state index in [1.165, 1.54) is 23.1 Å². The van der Waals surface area contributed by atoms with E-state index in [2.05, 4.69) is 4.98 Å². The summed E-state index contributed by atoms with van der Waals surface area (Å²) < 4.78 is 13.4. The summed E-state index contributed by atoms with van der Waals surface area (Å²) >= 11 is 2.94. The van der Waals surface area contributed by atoms with E-state index in [-0.39, 0.29) is 5.56 Å². The molecule has 0 atom stereocenters. The van der Waals surface area contributed by atoms with Crippen LogP contribution in [0.5, 0.6) is 11.5 Å². The molecule has 0 saturated carbocycles. The fraction of sp³-hybridized carbons (Fsp3) is 0.294. The van der Waals surface area contributed by atoms with Crippen LogP contribution in [0.3, 0.4) is 0 Å². The predicted molar refractivity (Wildman–Crippen MR) is 98.7 cm³/mol. The Kier molecular flexibility index (Phi) is 5.42. The summed E-state index contributed by atoms with van der Waals surface area (Å²) in [6.45, 7) is 3.14. The van der Waals surface area contributed by atoms with Gasteiger partial charge in [-0.1, -0.05) is 11.8 Å². The van der Waals surface area contributed by atoms with Crippen LogP contribution in [-0.4, -0.2) is 28.5 Å². The first-order valence-corrected chi connectivity index (χ1v) is 9.48. The number of benzene rings is 1.